The van der Waals surface area contributed by atoms with Crippen LogP contribution in [-0.2, 0) is 4.79 Å². The third-order valence-corrected chi connectivity index (χ3v) is 3.27. The van der Waals surface area contributed by atoms with Gasteiger partial charge >= 0.3 is 0 Å². The molecule has 2 N–H and O–H groups in total. The van der Waals surface area contributed by atoms with Crippen LogP contribution in [0, 0.1) is 0 Å². The molecule has 22 heavy (non-hydrogen) atoms. The Morgan fingerprint density at radius 2 is 1.41 bits per heavy atom. The number of carbonyl (C=O) groups excluding carboxylic acids is 2. The van der Waals surface area contributed by atoms with Gasteiger partial charge in [-0.15, -0.1) is 0 Å². The first kappa shape index (κ1) is 15.8. The predicted molar refractivity (Wildman–Crippen MR) is 87.5 cm³/mol. The number of rotatable bonds is 6. The van der Waals surface area contributed by atoms with Crippen molar-refractivity contribution in [2.75, 3.05) is 13.1 Å². The van der Waals surface area contributed by atoms with Gasteiger partial charge in [-0.1, -0.05) is 42.5 Å². The van der Waals surface area contributed by atoms with Crippen LogP contribution in [0.25, 0.3) is 11.1 Å². The molecule has 4 nitrogen and oxygen atoms in total. The van der Waals surface area contributed by atoms with Crippen LogP contribution in [0.3, 0.4) is 0 Å². The van der Waals surface area contributed by atoms with Crippen LogP contribution in [0.4, 0.5) is 0 Å². The SMILES string of the molecule is CC(=O)NCCCNC(=O)c1ccc(-c2ccccc2)cc1. The predicted octanol–water partition coefficient (Wildman–Crippen LogP) is 2.61. The van der Waals surface area contributed by atoms with Crippen LogP contribution >= 0.6 is 0 Å². The number of amides is 2. The lowest BCUT2D eigenvalue weighted by Crippen LogP contribution is -2.28. The van der Waals surface area contributed by atoms with E-state index in [4.69, 9.17) is 0 Å². The zero-order chi connectivity index (χ0) is 15.8. The lowest BCUT2D eigenvalue weighted by molar-refractivity contribution is -0.118. The molecule has 2 amide bonds. The summed E-state index contributed by atoms with van der Waals surface area (Å²) in [6.45, 7) is 2.59. The first-order chi connectivity index (χ1) is 10.7. The van der Waals surface area contributed by atoms with Crippen molar-refractivity contribution in [1.82, 2.24) is 10.6 Å². The largest absolute Gasteiger partial charge is 0.356 e. The van der Waals surface area contributed by atoms with E-state index in [1.165, 1.54) is 6.92 Å². The van der Waals surface area contributed by atoms with E-state index >= 15 is 0 Å². The lowest BCUT2D eigenvalue weighted by Gasteiger charge is -2.07. The number of carbonyl (C=O) groups is 2. The third-order valence-electron chi connectivity index (χ3n) is 3.27. The quantitative estimate of drug-likeness (QED) is 0.805. The fraction of sp³-hybridized carbons (Fsp3) is 0.222. The van der Waals surface area contributed by atoms with Crippen molar-refractivity contribution < 1.29 is 9.59 Å². The zero-order valence-electron chi connectivity index (χ0n) is 12.6. The highest BCUT2D eigenvalue weighted by Gasteiger charge is 2.05. The molecule has 0 saturated carbocycles. The standard InChI is InChI=1S/C18H20N2O2/c1-14(21)19-12-5-13-20-18(22)17-10-8-16(9-11-17)15-6-3-2-4-7-15/h2-4,6-11H,5,12-13H2,1H3,(H,19,21)(H,20,22). The summed E-state index contributed by atoms with van der Waals surface area (Å²) in [4.78, 5) is 22.7. The van der Waals surface area contributed by atoms with Crippen molar-refractivity contribution in [2.24, 2.45) is 0 Å². The second kappa shape index (κ2) is 7.98. The molecule has 2 aromatic carbocycles. The summed E-state index contributed by atoms with van der Waals surface area (Å²) in [5.41, 5.74) is 2.85. The third kappa shape index (κ3) is 4.74. The second-order valence-electron chi connectivity index (χ2n) is 5.04. The van der Waals surface area contributed by atoms with Gasteiger partial charge in [-0.05, 0) is 29.7 Å². The van der Waals surface area contributed by atoms with Crippen LogP contribution in [-0.4, -0.2) is 24.9 Å². The smallest absolute Gasteiger partial charge is 0.251 e. The number of nitrogens with one attached hydrogen (secondary N) is 2. The summed E-state index contributed by atoms with van der Waals surface area (Å²) in [5.74, 6) is -0.148. The summed E-state index contributed by atoms with van der Waals surface area (Å²) in [6, 6.07) is 17.6. The first-order valence-electron chi connectivity index (χ1n) is 7.35. The molecule has 0 aliphatic rings. The molecule has 0 aliphatic carbocycles. The van der Waals surface area contributed by atoms with Gasteiger partial charge in [0.05, 0.1) is 0 Å². The Bertz CT molecular complexity index is 621. The second-order valence-corrected chi connectivity index (χ2v) is 5.04. The molecule has 114 valence electrons. The van der Waals surface area contributed by atoms with Gasteiger partial charge < -0.3 is 10.6 Å². The van der Waals surface area contributed by atoms with Gasteiger partial charge in [0.25, 0.3) is 5.91 Å². The molecule has 2 rings (SSSR count). The Kier molecular flexibility index (Phi) is 5.72. The molecule has 0 fully saturated rings. The van der Waals surface area contributed by atoms with E-state index in [9.17, 15) is 9.59 Å². The summed E-state index contributed by atoms with van der Waals surface area (Å²) < 4.78 is 0. The summed E-state index contributed by atoms with van der Waals surface area (Å²) in [7, 11) is 0. The maximum absolute atomic E-state index is 12.0. The monoisotopic (exact) mass is 296 g/mol. The van der Waals surface area contributed by atoms with Gasteiger partial charge in [0.1, 0.15) is 0 Å². The van der Waals surface area contributed by atoms with Crippen LogP contribution < -0.4 is 10.6 Å². The average Bonchev–Trinajstić information content (AvgIpc) is 2.55. The Morgan fingerprint density at radius 3 is 2.05 bits per heavy atom. The van der Waals surface area contributed by atoms with Gasteiger partial charge in [0.15, 0.2) is 0 Å². The van der Waals surface area contributed by atoms with Crippen molar-refractivity contribution >= 4 is 11.8 Å². The van der Waals surface area contributed by atoms with E-state index in [0.717, 1.165) is 11.1 Å². The van der Waals surface area contributed by atoms with Gasteiger partial charge in [-0.25, -0.2) is 0 Å². The molecule has 0 saturated heterocycles. The number of hydrogen-bond donors (Lipinski definition) is 2. The molecular weight excluding hydrogens is 276 g/mol. The van der Waals surface area contributed by atoms with Gasteiger partial charge in [-0.3, -0.25) is 9.59 Å². The van der Waals surface area contributed by atoms with E-state index in [0.29, 0.717) is 25.1 Å². The Morgan fingerprint density at radius 1 is 0.818 bits per heavy atom. The van der Waals surface area contributed by atoms with Crippen LogP contribution in [0.1, 0.15) is 23.7 Å². The fourth-order valence-electron chi connectivity index (χ4n) is 2.10. The molecule has 4 heteroatoms. The first-order valence-corrected chi connectivity index (χ1v) is 7.35. The Hall–Kier alpha value is -2.62. The number of benzene rings is 2. The molecule has 0 radical (unpaired) electrons. The summed E-state index contributed by atoms with van der Waals surface area (Å²) in [5, 5.41) is 5.54. The van der Waals surface area contributed by atoms with Crippen LogP contribution in [0.2, 0.25) is 0 Å². The molecule has 0 bridgehead atoms. The highest BCUT2D eigenvalue weighted by molar-refractivity contribution is 5.94. The van der Waals surface area contributed by atoms with E-state index in [-0.39, 0.29) is 11.8 Å². The van der Waals surface area contributed by atoms with Crippen LogP contribution in [0.5, 0.6) is 0 Å². The van der Waals surface area contributed by atoms with Crippen molar-refractivity contribution in [3.05, 3.63) is 60.2 Å². The van der Waals surface area contributed by atoms with Gasteiger partial charge in [0, 0.05) is 25.6 Å². The molecular formula is C18H20N2O2. The van der Waals surface area contributed by atoms with E-state index in [1.807, 2.05) is 54.6 Å². The van der Waals surface area contributed by atoms with Crippen molar-refractivity contribution in [1.29, 1.82) is 0 Å². The maximum atomic E-state index is 12.0. The van der Waals surface area contributed by atoms with E-state index < -0.39 is 0 Å². The molecule has 0 heterocycles. The van der Waals surface area contributed by atoms with Gasteiger partial charge in [-0.2, -0.15) is 0 Å². The van der Waals surface area contributed by atoms with Crippen molar-refractivity contribution in [3.8, 4) is 11.1 Å². The normalized spacial score (nSPS) is 10.0. The van der Waals surface area contributed by atoms with Crippen LogP contribution in [0.15, 0.2) is 54.6 Å². The lowest BCUT2D eigenvalue weighted by atomic mass is 10.0. The molecule has 0 aromatic heterocycles. The molecule has 0 spiro atoms. The van der Waals surface area contributed by atoms with E-state index in [1.54, 1.807) is 0 Å². The van der Waals surface area contributed by atoms with E-state index in [2.05, 4.69) is 10.6 Å². The zero-order valence-corrected chi connectivity index (χ0v) is 12.6. The highest BCUT2D eigenvalue weighted by Crippen LogP contribution is 2.19. The summed E-state index contributed by atoms with van der Waals surface area (Å²) >= 11 is 0. The summed E-state index contributed by atoms with van der Waals surface area (Å²) in [6.07, 6.45) is 0.716. The molecule has 0 aliphatic heterocycles. The van der Waals surface area contributed by atoms with Crippen molar-refractivity contribution in [3.63, 3.8) is 0 Å². The average molecular weight is 296 g/mol. The van der Waals surface area contributed by atoms with Gasteiger partial charge in [0.2, 0.25) is 5.91 Å². The fourth-order valence-corrected chi connectivity index (χ4v) is 2.10. The topological polar surface area (TPSA) is 58.2 Å². The minimum atomic E-state index is -0.0950. The molecule has 0 atom stereocenters. The minimum Gasteiger partial charge on any atom is -0.356 e. The number of hydrogen-bond acceptors (Lipinski definition) is 2. The minimum absolute atomic E-state index is 0.0529. The Labute approximate surface area is 130 Å². The maximum Gasteiger partial charge on any atom is 0.251 e. The van der Waals surface area contributed by atoms with Crippen molar-refractivity contribution in [2.45, 2.75) is 13.3 Å². The molecule has 2 aromatic rings. The Balaban J connectivity index is 1.85. The molecule has 0 unspecified atom stereocenters. The highest BCUT2D eigenvalue weighted by atomic mass is 16.2.